The van der Waals surface area contributed by atoms with E-state index >= 15 is 0 Å². The van der Waals surface area contributed by atoms with Gasteiger partial charge in [0.1, 0.15) is 5.75 Å². The molecule has 0 amide bonds. The Kier molecular flexibility index (Phi) is 3.89. The van der Waals surface area contributed by atoms with Crippen LogP contribution >= 0.6 is 0 Å². The first-order valence-corrected chi connectivity index (χ1v) is 6.48. The molecule has 1 aliphatic rings. The average molecular weight is 234 g/mol. The molecule has 17 heavy (non-hydrogen) atoms. The van der Waals surface area contributed by atoms with Crippen LogP contribution in [0.5, 0.6) is 5.75 Å². The Labute approximate surface area is 103 Å². The Morgan fingerprint density at radius 1 is 1.41 bits per heavy atom. The largest absolute Gasteiger partial charge is 0.506 e. The summed E-state index contributed by atoms with van der Waals surface area (Å²) in [6.07, 6.45) is 3.95. The maximum atomic E-state index is 9.40. The topological polar surface area (TPSA) is 49.5 Å². The molecule has 0 unspecified atom stereocenters. The Hall–Kier alpha value is -1.22. The van der Waals surface area contributed by atoms with Crippen LogP contribution in [0.25, 0.3) is 0 Å². The second kappa shape index (κ2) is 5.41. The highest BCUT2D eigenvalue weighted by Gasteiger charge is 2.23. The number of nitrogen functional groups attached to an aromatic ring is 1. The zero-order valence-corrected chi connectivity index (χ0v) is 10.5. The number of phenols is 1. The monoisotopic (exact) mass is 234 g/mol. The number of hydrogen-bond donors (Lipinski definition) is 2. The molecule has 0 spiro atoms. The number of rotatable bonds is 6. The van der Waals surface area contributed by atoms with Gasteiger partial charge in [0, 0.05) is 13.1 Å². The van der Waals surface area contributed by atoms with Gasteiger partial charge in [-0.1, -0.05) is 13.0 Å². The van der Waals surface area contributed by atoms with Crippen molar-refractivity contribution in [1.29, 1.82) is 0 Å². The van der Waals surface area contributed by atoms with Crippen LogP contribution in [0.2, 0.25) is 0 Å². The van der Waals surface area contributed by atoms with Gasteiger partial charge in [0.25, 0.3) is 0 Å². The van der Waals surface area contributed by atoms with Crippen LogP contribution in [0.15, 0.2) is 18.2 Å². The first-order chi connectivity index (χ1) is 8.19. The molecule has 94 valence electrons. The van der Waals surface area contributed by atoms with E-state index in [9.17, 15) is 5.11 Å². The first-order valence-electron chi connectivity index (χ1n) is 6.48. The average Bonchev–Trinajstić information content (AvgIpc) is 3.08. The van der Waals surface area contributed by atoms with Gasteiger partial charge < -0.3 is 10.8 Å². The summed E-state index contributed by atoms with van der Waals surface area (Å²) in [4.78, 5) is 2.49. The number of anilines is 1. The summed E-state index contributed by atoms with van der Waals surface area (Å²) in [5, 5.41) is 9.40. The van der Waals surface area contributed by atoms with Gasteiger partial charge in [-0.15, -0.1) is 0 Å². The highest BCUT2D eigenvalue weighted by atomic mass is 16.3. The molecule has 1 aromatic rings. The van der Waals surface area contributed by atoms with Crippen molar-refractivity contribution >= 4 is 5.69 Å². The molecular formula is C14H22N2O. The van der Waals surface area contributed by atoms with E-state index in [1.165, 1.54) is 31.4 Å². The van der Waals surface area contributed by atoms with Crippen LogP contribution in [-0.2, 0) is 6.54 Å². The van der Waals surface area contributed by atoms with E-state index in [1.54, 1.807) is 6.07 Å². The third-order valence-corrected chi connectivity index (χ3v) is 3.25. The molecule has 3 heteroatoms. The Morgan fingerprint density at radius 2 is 2.18 bits per heavy atom. The number of aromatic hydroxyl groups is 1. The summed E-state index contributed by atoms with van der Waals surface area (Å²) in [7, 11) is 0. The van der Waals surface area contributed by atoms with Crippen molar-refractivity contribution in [3.63, 3.8) is 0 Å². The molecule has 0 radical (unpaired) electrons. The standard InChI is InChI=1S/C14H22N2O/c1-2-7-16(9-11-3-4-11)10-12-5-6-14(17)13(15)8-12/h5-6,8,11,17H,2-4,7,9-10,15H2,1H3. The lowest BCUT2D eigenvalue weighted by Crippen LogP contribution is -2.26. The summed E-state index contributed by atoms with van der Waals surface area (Å²) in [6.45, 7) is 5.49. The van der Waals surface area contributed by atoms with Gasteiger partial charge in [0.15, 0.2) is 0 Å². The lowest BCUT2D eigenvalue weighted by atomic mass is 10.1. The van der Waals surface area contributed by atoms with Crippen LogP contribution in [-0.4, -0.2) is 23.1 Å². The normalized spacial score (nSPS) is 15.4. The summed E-state index contributed by atoms with van der Waals surface area (Å²) in [5.41, 5.74) is 7.38. The maximum Gasteiger partial charge on any atom is 0.138 e. The number of hydrogen-bond acceptors (Lipinski definition) is 3. The Morgan fingerprint density at radius 3 is 2.76 bits per heavy atom. The van der Waals surface area contributed by atoms with E-state index in [2.05, 4.69) is 11.8 Å². The van der Waals surface area contributed by atoms with Crippen molar-refractivity contribution in [1.82, 2.24) is 4.90 Å². The zero-order chi connectivity index (χ0) is 12.3. The third kappa shape index (κ3) is 3.63. The van der Waals surface area contributed by atoms with Gasteiger partial charge in [0.05, 0.1) is 5.69 Å². The van der Waals surface area contributed by atoms with Gasteiger partial charge in [-0.3, -0.25) is 4.90 Å². The van der Waals surface area contributed by atoms with Crippen molar-refractivity contribution in [2.24, 2.45) is 5.92 Å². The van der Waals surface area contributed by atoms with Crippen LogP contribution in [0.1, 0.15) is 31.7 Å². The minimum Gasteiger partial charge on any atom is -0.506 e. The predicted molar refractivity (Wildman–Crippen MR) is 70.8 cm³/mol. The molecule has 3 nitrogen and oxygen atoms in total. The summed E-state index contributed by atoms with van der Waals surface area (Å²) < 4.78 is 0. The first kappa shape index (κ1) is 12.2. The molecule has 0 bridgehead atoms. The molecule has 3 N–H and O–H groups in total. The maximum absolute atomic E-state index is 9.40. The SMILES string of the molecule is CCCN(Cc1ccc(O)c(N)c1)CC1CC1. The van der Waals surface area contributed by atoms with Crippen molar-refractivity contribution in [2.45, 2.75) is 32.7 Å². The second-order valence-electron chi connectivity index (χ2n) is 5.07. The van der Waals surface area contributed by atoms with Crippen molar-refractivity contribution in [3.8, 4) is 5.75 Å². The molecule has 1 aliphatic carbocycles. The van der Waals surface area contributed by atoms with E-state index in [-0.39, 0.29) is 5.75 Å². The number of nitrogens with two attached hydrogens (primary N) is 1. The minimum atomic E-state index is 0.179. The molecule has 0 aromatic heterocycles. The van der Waals surface area contributed by atoms with Crippen molar-refractivity contribution < 1.29 is 5.11 Å². The van der Waals surface area contributed by atoms with Crippen LogP contribution < -0.4 is 5.73 Å². The van der Waals surface area contributed by atoms with E-state index < -0.39 is 0 Å². The van der Waals surface area contributed by atoms with E-state index in [4.69, 9.17) is 5.73 Å². The molecular weight excluding hydrogens is 212 g/mol. The Balaban J connectivity index is 1.97. The lowest BCUT2D eigenvalue weighted by Gasteiger charge is -2.21. The molecule has 0 heterocycles. The predicted octanol–water partition coefficient (Wildman–Crippen LogP) is 2.60. The fraction of sp³-hybridized carbons (Fsp3) is 0.571. The summed E-state index contributed by atoms with van der Waals surface area (Å²) in [5.74, 6) is 1.09. The summed E-state index contributed by atoms with van der Waals surface area (Å²) >= 11 is 0. The molecule has 0 saturated heterocycles. The van der Waals surface area contributed by atoms with Crippen LogP contribution in [0, 0.1) is 5.92 Å². The minimum absolute atomic E-state index is 0.179. The van der Waals surface area contributed by atoms with Gasteiger partial charge in [-0.05, 0) is 49.4 Å². The van der Waals surface area contributed by atoms with E-state index in [0.29, 0.717) is 5.69 Å². The van der Waals surface area contributed by atoms with Gasteiger partial charge in [-0.25, -0.2) is 0 Å². The van der Waals surface area contributed by atoms with Crippen LogP contribution in [0.3, 0.4) is 0 Å². The van der Waals surface area contributed by atoms with Gasteiger partial charge in [-0.2, -0.15) is 0 Å². The third-order valence-electron chi connectivity index (χ3n) is 3.25. The van der Waals surface area contributed by atoms with Crippen molar-refractivity contribution in [3.05, 3.63) is 23.8 Å². The smallest absolute Gasteiger partial charge is 0.138 e. The van der Waals surface area contributed by atoms with E-state index in [1.807, 2.05) is 12.1 Å². The van der Waals surface area contributed by atoms with Crippen molar-refractivity contribution in [2.75, 3.05) is 18.8 Å². The van der Waals surface area contributed by atoms with Gasteiger partial charge in [0.2, 0.25) is 0 Å². The zero-order valence-electron chi connectivity index (χ0n) is 10.5. The molecule has 1 fully saturated rings. The van der Waals surface area contributed by atoms with E-state index in [0.717, 1.165) is 19.0 Å². The highest BCUT2D eigenvalue weighted by molar-refractivity contribution is 5.53. The fourth-order valence-electron chi connectivity index (χ4n) is 2.18. The molecule has 0 atom stereocenters. The van der Waals surface area contributed by atoms with Crippen LogP contribution in [0.4, 0.5) is 5.69 Å². The number of nitrogens with zero attached hydrogens (tertiary/aromatic N) is 1. The molecule has 0 aliphatic heterocycles. The quantitative estimate of drug-likeness (QED) is 0.587. The number of benzene rings is 1. The van der Waals surface area contributed by atoms with Gasteiger partial charge >= 0.3 is 0 Å². The molecule has 1 aromatic carbocycles. The Bertz CT molecular complexity index is 374. The fourth-order valence-corrected chi connectivity index (χ4v) is 2.18. The lowest BCUT2D eigenvalue weighted by molar-refractivity contribution is 0.255. The second-order valence-corrected chi connectivity index (χ2v) is 5.07. The summed E-state index contributed by atoms with van der Waals surface area (Å²) in [6, 6.07) is 5.53. The highest BCUT2D eigenvalue weighted by Crippen LogP contribution is 2.30. The molecule has 2 rings (SSSR count). The number of phenolic OH excluding ortho intramolecular Hbond substituents is 1. The molecule has 1 saturated carbocycles.